The first kappa shape index (κ1) is 17.3. The standard InChI is InChI=1S/C14H21BrN2O2S/c1-11(16)8-9-17-14(18)3-2-10-20(19)13-6-4-12(15)5-7-13/h4-7,11H,2-3,8-10,16H2,1H3,(H,17,18). The fourth-order valence-electron chi connectivity index (χ4n) is 1.60. The second-order valence-corrected chi connectivity index (χ2v) is 7.21. The number of hydrogen-bond donors (Lipinski definition) is 2. The van der Waals surface area contributed by atoms with Crippen molar-refractivity contribution in [1.82, 2.24) is 5.32 Å². The topological polar surface area (TPSA) is 72.2 Å². The molecular weight excluding hydrogens is 340 g/mol. The Morgan fingerprint density at radius 3 is 2.65 bits per heavy atom. The van der Waals surface area contributed by atoms with Gasteiger partial charge >= 0.3 is 0 Å². The van der Waals surface area contributed by atoms with Crippen molar-refractivity contribution in [2.45, 2.75) is 37.1 Å². The van der Waals surface area contributed by atoms with E-state index in [0.717, 1.165) is 15.8 Å². The van der Waals surface area contributed by atoms with Crippen LogP contribution >= 0.6 is 15.9 Å². The van der Waals surface area contributed by atoms with Gasteiger partial charge in [-0.2, -0.15) is 0 Å². The van der Waals surface area contributed by atoms with Gasteiger partial charge in [0.05, 0.1) is 10.8 Å². The van der Waals surface area contributed by atoms with Crippen LogP contribution in [0.25, 0.3) is 0 Å². The second kappa shape index (κ2) is 9.26. The molecule has 6 heteroatoms. The maximum absolute atomic E-state index is 12.0. The first-order valence-corrected chi connectivity index (χ1v) is 8.76. The van der Waals surface area contributed by atoms with Gasteiger partial charge in [-0.25, -0.2) is 0 Å². The Balaban J connectivity index is 2.21. The van der Waals surface area contributed by atoms with Crippen LogP contribution in [-0.4, -0.2) is 28.5 Å². The lowest BCUT2D eigenvalue weighted by Crippen LogP contribution is -2.28. The highest BCUT2D eigenvalue weighted by Gasteiger charge is 2.06. The molecular formula is C14H21BrN2O2S. The van der Waals surface area contributed by atoms with Crippen molar-refractivity contribution < 1.29 is 9.00 Å². The molecule has 0 radical (unpaired) electrons. The van der Waals surface area contributed by atoms with Crippen LogP contribution in [0.1, 0.15) is 26.2 Å². The molecule has 3 N–H and O–H groups in total. The molecule has 0 saturated carbocycles. The number of carbonyl (C=O) groups is 1. The SMILES string of the molecule is CC(N)CCNC(=O)CCCS(=O)c1ccc(Br)cc1. The van der Waals surface area contributed by atoms with Gasteiger partial charge in [0.1, 0.15) is 0 Å². The van der Waals surface area contributed by atoms with E-state index in [-0.39, 0.29) is 11.9 Å². The lowest BCUT2D eigenvalue weighted by atomic mass is 10.2. The number of nitrogens with two attached hydrogens (primary N) is 1. The van der Waals surface area contributed by atoms with E-state index in [1.807, 2.05) is 31.2 Å². The lowest BCUT2D eigenvalue weighted by molar-refractivity contribution is -0.121. The Morgan fingerprint density at radius 1 is 1.40 bits per heavy atom. The zero-order chi connectivity index (χ0) is 15.0. The summed E-state index contributed by atoms with van der Waals surface area (Å²) in [5, 5.41) is 2.81. The zero-order valence-corrected chi connectivity index (χ0v) is 14.0. The summed E-state index contributed by atoms with van der Waals surface area (Å²) >= 11 is 3.34. The van der Waals surface area contributed by atoms with Crippen molar-refractivity contribution in [3.63, 3.8) is 0 Å². The molecule has 0 aliphatic heterocycles. The lowest BCUT2D eigenvalue weighted by Gasteiger charge is -2.07. The average Bonchev–Trinajstić information content (AvgIpc) is 2.39. The summed E-state index contributed by atoms with van der Waals surface area (Å²) in [5.74, 6) is 0.501. The zero-order valence-electron chi connectivity index (χ0n) is 11.6. The van der Waals surface area contributed by atoms with E-state index in [1.165, 1.54) is 0 Å². The number of carbonyl (C=O) groups excluding carboxylic acids is 1. The first-order chi connectivity index (χ1) is 9.49. The largest absolute Gasteiger partial charge is 0.356 e. The van der Waals surface area contributed by atoms with Crippen LogP contribution in [0, 0.1) is 0 Å². The molecule has 20 heavy (non-hydrogen) atoms. The van der Waals surface area contributed by atoms with Gasteiger partial charge in [0, 0.05) is 34.1 Å². The van der Waals surface area contributed by atoms with E-state index < -0.39 is 10.8 Å². The van der Waals surface area contributed by atoms with Crippen molar-refractivity contribution in [3.05, 3.63) is 28.7 Å². The molecule has 0 saturated heterocycles. The smallest absolute Gasteiger partial charge is 0.220 e. The summed E-state index contributed by atoms with van der Waals surface area (Å²) in [7, 11) is -1.04. The number of nitrogens with one attached hydrogen (secondary N) is 1. The van der Waals surface area contributed by atoms with Crippen molar-refractivity contribution >= 4 is 32.6 Å². The van der Waals surface area contributed by atoms with Gasteiger partial charge in [-0.1, -0.05) is 15.9 Å². The molecule has 0 bridgehead atoms. The van der Waals surface area contributed by atoms with Gasteiger partial charge in [0.2, 0.25) is 5.91 Å². The van der Waals surface area contributed by atoms with Crippen molar-refractivity contribution in [2.75, 3.05) is 12.3 Å². The van der Waals surface area contributed by atoms with E-state index in [2.05, 4.69) is 21.2 Å². The molecule has 112 valence electrons. The molecule has 0 heterocycles. The quantitative estimate of drug-likeness (QED) is 0.746. The van der Waals surface area contributed by atoms with Crippen LogP contribution in [-0.2, 0) is 15.6 Å². The van der Waals surface area contributed by atoms with E-state index >= 15 is 0 Å². The maximum Gasteiger partial charge on any atom is 0.220 e. The number of hydrogen-bond acceptors (Lipinski definition) is 3. The summed E-state index contributed by atoms with van der Waals surface area (Å²) < 4.78 is 13.0. The number of amides is 1. The van der Waals surface area contributed by atoms with Crippen molar-refractivity contribution in [3.8, 4) is 0 Å². The van der Waals surface area contributed by atoms with E-state index in [1.54, 1.807) is 0 Å². The minimum absolute atomic E-state index is 0.00143. The summed E-state index contributed by atoms with van der Waals surface area (Å²) in [6.07, 6.45) is 1.80. The van der Waals surface area contributed by atoms with Gasteiger partial charge in [0.15, 0.2) is 0 Å². The Hall–Kier alpha value is -0.720. The Bertz CT molecular complexity index is 449. The summed E-state index contributed by atoms with van der Waals surface area (Å²) in [6.45, 7) is 2.51. The van der Waals surface area contributed by atoms with Crippen LogP contribution in [0.5, 0.6) is 0 Å². The molecule has 1 amide bonds. The molecule has 2 unspecified atom stereocenters. The minimum atomic E-state index is -1.04. The third kappa shape index (κ3) is 7.17. The normalized spacial score (nSPS) is 13.8. The fraction of sp³-hybridized carbons (Fsp3) is 0.500. The highest BCUT2D eigenvalue weighted by atomic mass is 79.9. The number of benzene rings is 1. The maximum atomic E-state index is 12.0. The monoisotopic (exact) mass is 360 g/mol. The highest BCUT2D eigenvalue weighted by Crippen LogP contribution is 2.14. The molecule has 0 spiro atoms. The Labute approximate surface area is 131 Å². The molecule has 4 nitrogen and oxygen atoms in total. The Kier molecular flexibility index (Phi) is 8.02. The van der Waals surface area contributed by atoms with Crippen molar-refractivity contribution in [2.24, 2.45) is 5.73 Å². The van der Waals surface area contributed by atoms with E-state index in [0.29, 0.717) is 25.1 Å². The van der Waals surface area contributed by atoms with Gasteiger partial charge in [-0.3, -0.25) is 9.00 Å². The van der Waals surface area contributed by atoms with Crippen LogP contribution in [0.2, 0.25) is 0 Å². The van der Waals surface area contributed by atoms with Gasteiger partial charge in [0.25, 0.3) is 0 Å². The summed E-state index contributed by atoms with van der Waals surface area (Å²) in [6, 6.07) is 7.51. The van der Waals surface area contributed by atoms with Gasteiger partial charge in [-0.05, 0) is 44.0 Å². The first-order valence-electron chi connectivity index (χ1n) is 6.65. The predicted molar refractivity (Wildman–Crippen MR) is 85.9 cm³/mol. The van der Waals surface area contributed by atoms with E-state index in [4.69, 9.17) is 5.73 Å². The highest BCUT2D eigenvalue weighted by molar-refractivity contribution is 9.10. The van der Waals surface area contributed by atoms with Crippen LogP contribution < -0.4 is 11.1 Å². The van der Waals surface area contributed by atoms with Gasteiger partial charge in [-0.15, -0.1) is 0 Å². The van der Waals surface area contributed by atoms with Gasteiger partial charge < -0.3 is 11.1 Å². The molecule has 1 aromatic carbocycles. The predicted octanol–water partition coefficient (Wildman–Crippen LogP) is 2.19. The molecule has 2 atom stereocenters. The number of halogens is 1. The van der Waals surface area contributed by atoms with Crippen molar-refractivity contribution in [1.29, 1.82) is 0 Å². The summed E-state index contributed by atoms with van der Waals surface area (Å²) in [4.78, 5) is 12.3. The summed E-state index contributed by atoms with van der Waals surface area (Å²) in [5.41, 5.74) is 5.60. The third-order valence-corrected chi connectivity index (χ3v) is 4.72. The molecule has 0 fully saturated rings. The van der Waals surface area contributed by atoms with Crippen LogP contribution in [0.15, 0.2) is 33.6 Å². The second-order valence-electron chi connectivity index (χ2n) is 4.72. The molecule has 0 aliphatic rings. The van der Waals surface area contributed by atoms with Crippen LogP contribution in [0.3, 0.4) is 0 Å². The minimum Gasteiger partial charge on any atom is -0.356 e. The molecule has 1 rings (SSSR count). The third-order valence-electron chi connectivity index (χ3n) is 2.73. The van der Waals surface area contributed by atoms with Crippen LogP contribution in [0.4, 0.5) is 0 Å². The number of rotatable bonds is 8. The molecule has 0 aromatic heterocycles. The fourth-order valence-corrected chi connectivity index (χ4v) is 2.94. The van der Waals surface area contributed by atoms with E-state index in [9.17, 15) is 9.00 Å². The molecule has 0 aliphatic carbocycles. The Morgan fingerprint density at radius 2 is 2.05 bits per heavy atom. The average molecular weight is 361 g/mol. The molecule has 1 aromatic rings.